The number of amides is 3. The number of benzene rings is 6. The van der Waals surface area contributed by atoms with Crippen molar-refractivity contribution >= 4 is 58.4 Å². The molecule has 3 fully saturated rings. The lowest BCUT2D eigenvalue weighted by Gasteiger charge is -2.36. The van der Waals surface area contributed by atoms with Gasteiger partial charge < -0.3 is 83.6 Å². The number of alkyl halides is 3. The van der Waals surface area contributed by atoms with E-state index in [4.69, 9.17) is 28.4 Å². The predicted octanol–water partition coefficient (Wildman–Crippen LogP) is 12.7. The van der Waals surface area contributed by atoms with E-state index in [1.165, 1.54) is 11.4 Å². The lowest BCUT2D eigenvalue weighted by molar-refractivity contribution is -0.141. The van der Waals surface area contributed by atoms with Crippen LogP contribution in [-0.2, 0) is 32.9 Å². The Kier molecular flexibility index (Phi) is 29.4. The Balaban J connectivity index is 0.000000156. The van der Waals surface area contributed by atoms with Crippen molar-refractivity contribution in [3.8, 4) is 34.5 Å². The smallest absolute Gasteiger partial charge is 0.433 e. The number of anilines is 5. The molecule has 15 rings (SSSR count). The highest BCUT2D eigenvalue weighted by molar-refractivity contribution is 7.99. The van der Waals surface area contributed by atoms with E-state index in [1.54, 1.807) is 65.3 Å². The monoisotopic (exact) mass is 1670 g/mol. The van der Waals surface area contributed by atoms with Crippen molar-refractivity contribution in [1.82, 2.24) is 70.0 Å². The molecule has 120 heavy (non-hydrogen) atoms. The van der Waals surface area contributed by atoms with Crippen molar-refractivity contribution < 1.29 is 56.0 Å². The van der Waals surface area contributed by atoms with Crippen molar-refractivity contribution in [3.63, 3.8) is 0 Å². The molecular weight excluding hydrogens is 1560 g/mol. The standard InChI is InChI=1S/C31H37F3N6O3.C31H40N6O3.C26H33N7O3S/c1-4-38-15-17-39(18-16-38)25-8-5-7-22-23(25)20-40(29(22)41)24(21-10-11-26(42-2)27(19-21)43-3)9-6-13-35-30-36-14-12-28(37-30)31(32,33)34;1-5-35-16-18-36(19-17-35)27-9-6-8-24-25(27)21-37(30(24)38)26(23-11-12-28(39-3)29(20-23)40-4)10-7-14-32-31-33-15-13-22(2)34-31;1-31-26(28-29-30-31)37-15-5-8-21(18-9-10-23(35-2)24(16-18)36-3)33-17-20-19(25(33)34)6-4-7-22(20)32-13-11-27-12-14-32/h5,7-8,10-12,14,19,24H,4,6,9,13,15-18,20H2,1-3H3,(H,35,36,37);6,8-9,11-13,15,20,26H,5,7,10,14,16-19,21H2,1-4H3,(H,32,33,34);4,6-7,9-10,16,21,27H,5,8,11-15,17H2,1-3H3/t24-;26-;21-/m111/s1. The van der Waals surface area contributed by atoms with Gasteiger partial charge in [0.05, 0.1) is 60.8 Å². The number of methoxy groups -OCH3 is 6. The van der Waals surface area contributed by atoms with Crippen LogP contribution < -0.4 is 59.1 Å². The number of halogens is 3. The number of thioether (sulfide) groups is 1. The summed E-state index contributed by atoms with van der Waals surface area (Å²) in [6.07, 6.45) is 2.70. The number of carbonyl (C=O) groups is 3. The van der Waals surface area contributed by atoms with Crippen LogP contribution in [0.25, 0.3) is 0 Å². The third-order valence-corrected chi connectivity index (χ3v) is 24.3. The number of aryl methyl sites for hydroxylation is 2. The van der Waals surface area contributed by atoms with Crippen LogP contribution in [0.1, 0.15) is 146 Å². The number of fused-ring (bicyclic) bond motifs is 3. The minimum atomic E-state index is -4.55. The van der Waals surface area contributed by atoms with Gasteiger partial charge in [0.15, 0.2) is 34.5 Å². The number of hydrogen-bond acceptors (Lipinski definition) is 25. The second-order valence-corrected chi connectivity index (χ2v) is 31.2. The first-order valence-corrected chi connectivity index (χ1v) is 42.2. The molecule has 28 nitrogen and oxygen atoms in total. The van der Waals surface area contributed by atoms with Crippen LogP contribution in [0.15, 0.2) is 139 Å². The highest BCUT2D eigenvalue weighted by atomic mass is 32.2. The van der Waals surface area contributed by atoms with Crippen LogP contribution in [-0.4, -0.2) is 235 Å². The average molecular weight is 1670 g/mol. The maximum Gasteiger partial charge on any atom is 0.433 e. The summed E-state index contributed by atoms with van der Waals surface area (Å²) in [7, 11) is 11.5. The van der Waals surface area contributed by atoms with Gasteiger partial charge in [0.25, 0.3) is 17.7 Å². The van der Waals surface area contributed by atoms with Crippen LogP contribution in [0.4, 0.5) is 42.1 Å². The molecule has 3 N–H and O–H groups in total. The summed E-state index contributed by atoms with van der Waals surface area (Å²) in [6.45, 7) is 22.7. The minimum Gasteiger partial charge on any atom is -0.493 e. The van der Waals surface area contributed by atoms with Crippen LogP contribution in [0.5, 0.6) is 34.5 Å². The summed E-state index contributed by atoms with van der Waals surface area (Å²) < 4.78 is 74.1. The van der Waals surface area contributed by atoms with Gasteiger partial charge >= 0.3 is 6.18 Å². The molecule has 0 radical (unpaired) electrons. The molecule has 0 aliphatic carbocycles. The molecule has 9 heterocycles. The predicted molar refractivity (Wildman–Crippen MR) is 458 cm³/mol. The van der Waals surface area contributed by atoms with Crippen molar-refractivity contribution in [2.24, 2.45) is 7.05 Å². The highest BCUT2D eigenvalue weighted by Gasteiger charge is 2.41. The Hall–Kier alpha value is -11.2. The zero-order chi connectivity index (χ0) is 84.4. The van der Waals surface area contributed by atoms with Gasteiger partial charge in [0.2, 0.25) is 17.1 Å². The number of hydrogen-bond donors (Lipinski definition) is 3. The molecule has 0 saturated carbocycles. The van der Waals surface area contributed by atoms with Crippen molar-refractivity contribution in [2.45, 2.75) is 108 Å². The number of nitrogens with one attached hydrogen (secondary N) is 3. The molecule has 3 saturated heterocycles. The fourth-order valence-electron chi connectivity index (χ4n) is 16.8. The Morgan fingerprint density at radius 1 is 0.483 bits per heavy atom. The number of rotatable bonds is 32. The lowest BCUT2D eigenvalue weighted by Crippen LogP contribution is -2.46. The molecule has 3 atom stereocenters. The van der Waals surface area contributed by atoms with E-state index in [-0.39, 0.29) is 41.8 Å². The Labute approximate surface area is 704 Å². The van der Waals surface area contributed by atoms with Crippen LogP contribution >= 0.6 is 11.8 Å². The molecule has 0 unspecified atom stereocenters. The van der Waals surface area contributed by atoms with Gasteiger partial charge in [-0.2, -0.15) is 13.2 Å². The molecule has 0 bridgehead atoms. The molecule has 6 aliphatic heterocycles. The van der Waals surface area contributed by atoms with Crippen LogP contribution in [0, 0.1) is 6.92 Å². The van der Waals surface area contributed by atoms with Crippen LogP contribution in [0.3, 0.4) is 0 Å². The van der Waals surface area contributed by atoms with Crippen LogP contribution in [0.2, 0.25) is 0 Å². The molecule has 6 aromatic carbocycles. The summed E-state index contributed by atoms with van der Waals surface area (Å²) in [6, 6.07) is 38.0. The van der Waals surface area contributed by atoms with Gasteiger partial charge in [0.1, 0.15) is 5.69 Å². The van der Waals surface area contributed by atoms with Gasteiger partial charge in [-0.1, -0.05) is 62.0 Å². The third kappa shape index (κ3) is 20.3. The number of likely N-dealkylation sites (N-methyl/N-ethyl adjacent to an activating group) is 2. The summed E-state index contributed by atoms with van der Waals surface area (Å²) in [4.78, 5) is 75.9. The molecule has 6 aliphatic rings. The second-order valence-electron chi connectivity index (χ2n) is 30.2. The van der Waals surface area contributed by atoms with Crippen molar-refractivity contribution in [2.75, 3.05) is 178 Å². The summed E-state index contributed by atoms with van der Waals surface area (Å²) in [5.41, 5.74) is 11.9. The first-order chi connectivity index (χ1) is 58.3. The number of aromatic nitrogens is 8. The molecule has 0 spiro atoms. The van der Waals surface area contributed by atoms with Gasteiger partial charge in [-0.15, -0.1) is 5.10 Å². The Bertz CT molecular complexity index is 4970. The van der Waals surface area contributed by atoms with E-state index < -0.39 is 11.9 Å². The SMILES string of the molecule is CCN1CCN(c2cccc3c2CN([C@H](CCCNc2nccc(C(F)(F)F)n2)c2ccc(OC)c(OC)c2)C3=O)CC1.CCN1CCN(c2cccc3c2CN([C@H](CCCNc2nccc(C)n2)c2ccc(OC)c(OC)c2)C3=O)CC1.COc1ccc([C@@H](CCCSc2nnnn2C)N2Cc3c(cccc3N3CCNCC3)C2=O)cc1OC. The number of carbonyl (C=O) groups excluding carboxylic acids is 3. The van der Waals surface area contributed by atoms with E-state index in [0.717, 1.165) is 196 Å². The average Bonchev–Trinajstić information content (AvgIpc) is 1.62. The zero-order valence-corrected chi connectivity index (χ0v) is 71.0. The first kappa shape index (κ1) is 86.6. The second kappa shape index (κ2) is 40.7. The Morgan fingerprint density at radius 3 is 1.25 bits per heavy atom. The number of piperazine rings is 3. The molecular formula is C88H110F3N19O9S. The maximum absolute atomic E-state index is 13.9. The lowest BCUT2D eigenvalue weighted by atomic mass is 9.99. The van der Waals surface area contributed by atoms with Crippen molar-refractivity contribution in [3.05, 3.63) is 195 Å². The van der Waals surface area contributed by atoms with E-state index >= 15 is 0 Å². The molecule has 32 heteroatoms. The molecule has 638 valence electrons. The van der Waals surface area contributed by atoms with E-state index in [2.05, 4.69) is 108 Å². The minimum absolute atomic E-state index is 0.0435. The number of tetrazole rings is 1. The zero-order valence-electron chi connectivity index (χ0n) is 70.2. The van der Waals surface area contributed by atoms with Crippen molar-refractivity contribution in [1.29, 1.82) is 0 Å². The van der Waals surface area contributed by atoms with E-state index in [0.29, 0.717) is 91.6 Å². The van der Waals surface area contributed by atoms with Gasteiger partial charge in [-0.05, 0) is 171 Å². The molecule has 9 aromatic rings. The quantitative estimate of drug-likeness (QED) is 0.0261. The normalized spacial score (nSPS) is 16.2. The molecule has 3 amide bonds. The topological polar surface area (TPSA) is 264 Å². The van der Waals surface area contributed by atoms with E-state index in [1.807, 2.05) is 126 Å². The van der Waals surface area contributed by atoms with E-state index in [9.17, 15) is 27.6 Å². The fraction of sp³-hybridized carbons (Fsp3) is 0.455. The number of ether oxygens (including phenoxy) is 6. The maximum atomic E-state index is 13.9. The van der Waals surface area contributed by atoms with Gasteiger partial charge in [0, 0.05) is 193 Å². The fourth-order valence-corrected chi connectivity index (χ4v) is 17.6. The highest BCUT2D eigenvalue weighted by Crippen LogP contribution is 2.46. The largest absolute Gasteiger partial charge is 0.493 e. The molecule has 3 aromatic heterocycles. The summed E-state index contributed by atoms with van der Waals surface area (Å²) >= 11 is 1.62. The van der Waals surface area contributed by atoms with Gasteiger partial charge in [-0.3, -0.25) is 14.4 Å². The summed E-state index contributed by atoms with van der Waals surface area (Å²) in [5.74, 6) is 5.31. The Morgan fingerprint density at radius 2 is 0.875 bits per heavy atom. The third-order valence-electron chi connectivity index (χ3n) is 23.2. The first-order valence-electron chi connectivity index (χ1n) is 41.2. The number of nitrogens with zero attached hydrogens (tertiary/aromatic N) is 16. The van der Waals surface area contributed by atoms with Gasteiger partial charge in [-0.25, -0.2) is 24.6 Å². The summed E-state index contributed by atoms with van der Waals surface area (Å²) in [5, 5.41) is 22.1.